The van der Waals surface area contributed by atoms with Crippen LogP contribution in [-0.2, 0) is 0 Å². The molecule has 0 aliphatic carbocycles. The number of halogens is 1. The van der Waals surface area contributed by atoms with E-state index in [2.05, 4.69) is 60.7 Å². The molecule has 16 heavy (non-hydrogen) atoms. The Bertz CT molecular complexity index is 373. The summed E-state index contributed by atoms with van der Waals surface area (Å²) in [6, 6.07) is 4.84. The van der Waals surface area contributed by atoms with Crippen LogP contribution in [0.2, 0.25) is 0 Å². The lowest BCUT2D eigenvalue weighted by molar-refractivity contribution is 0.589. The van der Waals surface area contributed by atoms with Crippen LogP contribution in [0.1, 0.15) is 36.1 Å². The molecule has 0 aliphatic heterocycles. The first-order valence-corrected chi connectivity index (χ1v) is 6.33. The lowest BCUT2D eigenvalue weighted by atomic mass is 9.97. The van der Waals surface area contributed by atoms with Gasteiger partial charge in [0.05, 0.1) is 0 Å². The van der Waals surface area contributed by atoms with Gasteiger partial charge in [0, 0.05) is 10.5 Å². The molecule has 0 bridgehead atoms. The highest BCUT2D eigenvalue weighted by Gasteiger charge is 2.11. The minimum atomic E-state index is 0.364. The van der Waals surface area contributed by atoms with E-state index in [1.54, 1.807) is 0 Å². The number of benzene rings is 1. The largest absolute Gasteiger partial charge is 0.313 e. The second kappa shape index (κ2) is 5.65. The molecule has 0 heterocycles. The summed E-state index contributed by atoms with van der Waals surface area (Å²) < 4.78 is 1.21. The van der Waals surface area contributed by atoms with E-state index in [0.717, 1.165) is 6.42 Å². The van der Waals surface area contributed by atoms with Crippen LogP contribution >= 0.6 is 15.9 Å². The van der Waals surface area contributed by atoms with Gasteiger partial charge in [-0.3, -0.25) is 0 Å². The summed E-state index contributed by atoms with van der Waals surface area (Å²) in [7, 11) is 2.00. The third-order valence-electron chi connectivity index (χ3n) is 2.76. The molecule has 1 atom stereocenters. The van der Waals surface area contributed by atoms with Crippen LogP contribution in [0.15, 0.2) is 28.8 Å². The van der Waals surface area contributed by atoms with Gasteiger partial charge < -0.3 is 5.32 Å². The van der Waals surface area contributed by atoms with Crippen molar-refractivity contribution in [2.24, 2.45) is 0 Å². The minimum absolute atomic E-state index is 0.364. The van der Waals surface area contributed by atoms with Gasteiger partial charge in [0.2, 0.25) is 0 Å². The summed E-state index contributed by atoms with van der Waals surface area (Å²) in [5.41, 5.74) is 5.12. The average Bonchev–Trinajstić information content (AvgIpc) is 2.21. The van der Waals surface area contributed by atoms with E-state index >= 15 is 0 Å². The van der Waals surface area contributed by atoms with Gasteiger partial charge >= 0.3 is 0 Å². The Hall–Kier alpha value is -0.600. The SMILES string of the molecule is C=C(C)CC(NC)c1cc(C)c(Br)c(C)c1. The zero-order chi connectivity index (χ0) is 12.3. The molecular weight excluding hydrogens is 262 g/mol. The fourth-order valence-electron chi connectivity index (χ4n) is 1.92. The lowest BCUT2D eigenvalue weighted by Gasteiger charge is -2.18. The van der Waals surface area contributed by atoms with E-state index in [1.165, 1.54) is 26.7 Å². The Morgan fingerprint density at radius 1 is 1.38 bits per heavy atom. The van der Waals surface area contributed by atoms with E-state index < -0.39 is 0 Å². The summed E-state index contributed by atoms with van der Waals surface area (Å²) in [4.78, 5) is 0. The van der Waals surface area contributed by atoms with Crippen molar-refractivity contribution in [3.63, 3.8) is 0 Å². The van der Waals surface area contributed by atoms with Crippen molar-refractivity contribution in [1.82, 2.24) is 5.32 Å². The van der Waals surface area contributed by atoms with Gasteiger partial charge in [-0.15, -0.1) is 6.58 Å². The van der Waals surface area contributed by atoms with Crippen LogP contribution in [0.3, 0.4) is 0 Å². The molecule has 0 radical (unpaired) electrons. The molecule has 88 valence electrons. The highest BCUT2D eigenvalue weighted by Crippen LogP contribution is 2.27. The van der Waals surface area contributed by atoms with E-state index in [1.807, 2.05) is 7.05 Å². The monoisotopic (exact) mass is 281 g/mol. The highest BCUT2D eigenvalue weighted by atomic mass is 79.9. The smallest absolute Gasteiger partial charge is 0.0355 e. The first-order valence-electron chi connectivity index (χ1n) is 5.54. The Morgan fingerprint density at radius 3 is 2.25 bits per heavy atom. The number of rotatable bonds is 4. The molecule has 1 unspecified atom stereocenters. The van der Waals surface area contributed by atoms with Gasteiger partial charge in [-0.05, 0) is 50.9 Å². The molecule has 0 saturated carbocycles. The van der Waals surface area contributed by atoms with E-state index in [4.69, 9.17) is 0 Å². The van der Waals surface area contributed by atoms with Gasteiger partial charge in [0.25, 0.3) is 0 Å². The molecule has 0 amide bonds. The van der Waals surface area contributed by atoms with Crippen LogP contribution in [-0.4, -0.2) is 7.05 Å². The van der Waals surface area contributed by atoms with Gasteiger partial charge in [-0.25, -0.2) is 0 Å². The molecule has 0 aromatic heterocycles. The van der Waals surface area contributed by atoms with Gasteiger partial charge in [-0.1, -0.05) is 33.6 Å². The Kier molecular flexibility index (Phi) is 4.75. The maximum atomic E-state index is 3.98. The van der Waals surface area contributed by atoms with Crippen molar-refractivity contribution in [1.29, 1.82) is 0 Å². The third-order valence-corrected chi connectivity index (χ3v) is 4.01. The second-order valence-electron chi connectivity index (χ2n) is 4.47. The Labute approximate surface area is 107 Å². The Morgan fingerprint density at radius 2 is 1.88 bits per heavy atom. The third kappa shape index (κ3) is 3.19. The molecule has 1 aromatic carbocycles. The first-order chi connectivity index (χ1) is 7.45. The van der Waals surface area contributed by atoms with Gasteiger partial charge in [-0.2, -0.15) is 0 Å². The van der Waals surface area contributed by atoms with Crippen molar-refractivity contribution in [2.75, 3.05) is 7.05 Å². The van der Waals surface area contributed by atoms with Crippen LogP contribution in [0.5, 0.6) is 0 Å². The fourth-order valence-corrected chi connectivity index (χ4v) is 2.14. The van der Waals surface area contributed by atoms with Crippen LogP contribution in [0.25, 0.3) is 0 Å². The summed E-state index contributed by atoms with van der Waals surface area (Å²) in [5, 5.41) is 3.35. The summed E-state index contributed by atoms with van der Waals surface area (Å²) in [6.07, 6.45) is 0.983. The molecule has 1 aromatic rings. The number of hydrogen-bond donors (Lipinski definition) is 1. The minimum Gasteiger partial charge on any atom is -0.313 e. The zero-order valence-electron chi connectivity index (χ0n) is 10.5. The normalized spacial score (nSPS) is 12.6. The number of hydrogen-bond acceptors (Lipinski definition) is 1. The summed E-state index contributed by atoms with van der Waals surface area (Å²) in [6.45, 7) is 10.3. The van der Waals surface area contributed by atoms with E-state index in [9.17, 15) is 0 Å². The average molecular weight is 282 g/mol. The number of nitrogens with one attached hydrogen (secondary N) is 1. The van der Waals surface area contributed by atoms with Crippen molar-refractivity contribution in [3.8, 4) is 0 Å². The summed E-state index contributed by atoms with van der Waals surface area (Å²) in [5.74, 6) is 0. The van der Waals surface area contributed by atoms with Crippen molar-refractivity contribution in [2.45, 2.75) is 33.2 Å². The molecule has 0 aliphatic rings. The van der Waals surface area contributed by atoms with Gasteiger partial charge in [0.15, 0.2) is 0 Å². The lowest BCUT2D eigenvalue weighted by Crippen LogP contribution is -2.17. The van der Waals surface area contributed by atoms with E-state index in [0.29, 0.717) is 6.04 Å². The first kappa shape index (κ1) is 13.5. The predicted octanol–water partition coefficient (Wildman–Crippen LogP) is 4.29. The maximum Gasteiger partial charge on any atom is 0.0355 e. The topological polar surface area (TPSA) is 12.0 Å². The van der Waals surface area contributed by atoms with Crippen LogP contribution in [0, 0.1) is 13.8 Å². The number of aryl methyl sites for hydroxylation is 2. The molecule has 0 spiro atoms. The molecule has 0 saturated heterocycles. The van der Waals surface area contributed by atoms with Crippen molar-refractivity contribution >= 4 is 15.9 Å². The maximum absolute atomic E-state index is 3.98. The van der Waals surface area contributed by atoms with Gasteiger partial charge in [0.1, 0.15) is 0 Å². The van der Waals surface area contributed by atoms with Crippen molar-refractivity contribution in [3.05, 3.63) is 45.4 Å². The molecule has 0 fully saturated rings. The molecule has 1 N–H and O–H groups in total. The molecule has 1 rings (SSSR count). The predicted molar refractivity (Wildman–Crippen MR) is 74.8 cm³/mol. The van der Waals surface area contributed by atoms with Crippen LogP contribution in [0.4, 0.5) is 0 Å². The molecule has 2 heteroatoms. The molecular formula is C14H20BrN. The van der Waals surface area contributed by atoms with Crippen LogP contribution < -0.4 is 5.32 Å². The highest BCUT2D eigenvalue weighted by molar-refractivity contribution is 9.10. The molecule has 1 nitrogen and oxygen atoms in total. The standard InChI is InChI=1S/C14H20BrN/c1-9(2)6-13(16-5)12-7-10(3)14(15)11(4)8-12/h7-8,13,16H,1,6H2,2-5H3. The quantitative estimate of drug-likeness (QED) is 0.812. The Balaban J connectivity index is 3.06. The van der Waals surface area contributed by atoms with Crippen molar-refractivity contribution < 1.29 is 0 Å². The fraction of sp³-hybridized carbons (Fsp3) is 0.429. The van der Waals surface area contributed by atoms with E-state index in [-0.39, 0.29) is 0 Å². The second-order valence-corrected chi connectivity index (χ2v) is 5.26. The zero-order valence-corrected chi connectivity index (χ0v) is 12.1. The summed E-state index contributed by atoms with van der Waals surface area (Å²) >= 11 is 3.60.